The first-order valence-corrected chi connectivity index (χ1v) is 8.30. The number of aromatic nitrogens is 2. The maximum Gasteiger partial charge on any atom is 0.240 e. The van der Waals surface area contributed by atoms with E-state index in [0.29, 0.717) is 13.2 Å². The van der Waals surface area contributed by atoms with Gasteiger partial charge in [0, 0.05) is 19.1 Å². The number of hydrogen-bond acceptors (Lipinski definition) is 5. The molecule has 4 fully saturated rings. The van der Waals surface area contributed by atoms with Gasteiger partial charge in [-0.15, -0.1) is 0 Å². The molecule has 1 heterocycles. The second-order valence-electron chi connectivity index (χ2n) is 7.38. The van der Waals surface area contributed by atoms with Crippen LogP contribution in [0.4, 0.5) is 0 Å². The fourth-order valence-electron chi connectivity index (χ4n) is 5.30. The molecule has 0 atom stereocenters. The van der Waals surface area contributed by atoms with Crippen LogP contribution >= 0.6 is 0 Å². The van der Waals surface area contributed by atoms with Crippen LogP contribution in [0.3, 0.4) is 0 Å². The minimum Gasteiger partial charge on any atom is -0.383 e. The van der Waals surface area contributed by atoms with Crippen molar-refractivity contribution in [3.63, 3.8) is 0 Å². The van der Waals surface area contributed by atoms with E-state index in [-0.39, 0.29) is 5.41 Å². The normalized spacial score (nSPS) is 37.3. The van der Waals surface area contributed by atoms with Crippen LogP contribution in [0.5, 0.6) is 0 Å². The second-order valence-corrected chi connectivity index (χ2v) is 7.38. The van der Waals surface area contributed by atoms with E-state index in [2.05, 4.69) is 10.5 Å². The Morgan fingerprint density at radius 1 is 1.19 bits per heavy atom. The Bertz CT molecular complexity index is 464. The highest BCUT2D eigenvalue weighted by molar-refractivity contribution is 5.16. The summed E-state index contributed by atoms with van der Waals surface area (Å²) in [5.74, 6) is 4.45. The second kappa shape index (κ2) is 5.36. The molecule has 21 heavy (non-hydrogen) atoms. The number of ether oxygens (including phenoxy) is 1. The molecule has 4 saturated carbocycles. The lowest BCUT2D eigenvalue weighted by atomic mass is 9.49. The number of methoxy groups -OCH3 is 1. The van der Waals surface area contributed by atoms with Crippen molar-refractivity contribution in [2.75, 3.05) is 20.3 Å². The summed E-state index contributed by atoms with van der Waals surface area (Å²) in [5, 5.41) is 7.62. The lowest BCUT2D eigenvalue weighted by Gasteiger charge is -2.55. The fraction of sp³-hybridized carbons (Fsp3) is 0.875. The van der Waals surface area contributed by atoms with Gasteiger partial charge in [0.1, 0.15) is 0 Å². The summed E-state index contributed by atoms with van der Waals surface area (Å²) >= 11 is 0. The predicted molar refractivity (Wildman–Crippen MR) is 77.7 cm³/mol. The van der Waals surface area contributed by atoms with Crippen LogP contribution in [0.15, 0.2) is 4.52 Å². The molecule has 0 aromatic carbocycles. The molecule has 0 radical (unpaired) electrons. The van der Waals surface area contributed by atoms with Crippen molar-refractivity contribution in [3.05, 3.63) is 11.7 Å². The molecule has 116 valence electrons. The molecular formula is C16H25N3O2. The van der Waals surface area contributed by atoms with Crippen molar-refractivity contribution < 1.29 is 9.26 Å². The zero-order valence-corrected chi connectivity index (χ0v) is 12.8. The first kappa shape index (κ1) is 13.7. The molecule has 5 nitrogen and oxygen atoms in total. The molecule has 5 rings (SSSR count). The molecule has 4 bridgehead atoms. The van der Waals surface area contributed by atoms with Crippen molar-refractivity contribution in [3.8, 4) is 0 Å². The maximum absolute atomic E-state index is 5.47. The zero-order chi connectivity index (χ0) is 14.3. The van der Waals surface area contributed by atoms with E-state index in [4.69, 9.17) is 14.2 Å². The van der Waals surface area contributed by atoms with E-state index in [9.17, 15) is 0 Å². The van der Waals surface area contributed by atoms with Crippen LogP contribution in [0.1, 0.15) is 50.2 Å². The molecule has 0 amide bonds. The van der Waals surface area contributed by atoms with Crippen LogP contribution in [0, 0.1) is 17.8 Å². The SMILES string of the molecule is COCCNCc1nc(C23CC4CC(CC(C4)C2)C3)no1. The standard InChI is InChI=1S/C16H25N3O2/c1-20-3-2-17-10-14-18-15(19-21-14)16-7-11-4-12(8-16)6-13(5-11)9-16/h11-13,17H,2-10H2,1H3. The third-order valence-electron chi connectivity index (χ3n) is 5.74. The van der Waals surface area contributed by atoms with Crippen LogP contribution in [-0.4, -0.2) is 30.4 Å². The van der Waals surface area contributed by atoms with Gasteiger partial charge in [-0.05, 0) is 56.3 Å². The predicted octanol–water partition coefficient (Wildman–Crippen LogP) is 2.27. The molecule has 1 N–H and O–H groups in total. The highest BCUT2D eigenvalue weighted by Gasteiger charge is 2.53. The quantitative estimate of drug-likeness (QED) is 0.815. The van der Waals surface area contributed by atoms with Gasteiger partial charge in [0.25, 0.3) is 0 Å². The van der Waals surface area contributed by atoms with Gasteiger partial charge in [-0.3, -0.25) is 0 Å². The molecule has 0 unspecified atom stereocenters. The van der Waals surface area contributed by atoms with Gasteiger partial charge in [-0.25, -0.2) is 0 Å². The fourth-order valence-corrected chi connectivity index (χ4v) is 5.30. The van der Waals surface area contributed by atoms with E-state index < -0.39 is 0 Å². The first-order chi connectivity index (χ1) is 10.3. The Kier molecular flexibility index (Phi) is 3.50. The van der Waals surface area contributed by atoms with Crippen molar-refractivity contribution in [1.82, 2.24) is 15.5 Å². The van der Waals surface area contributed by atoms with Crippen LogP contribution in [-0.2, 0) is 16.7 Å². The molecule has 0 spiro atoms. The van der Waals surface area contributed by atoms with E-state index in [0.717, 1.165) is 36.0 Å². The van der Waals surface area contributed by atoms with Gasteiger partial charge in [0.05, 0.1) is 13.2 Å². The molecule has 4 aliphatic carbocycles. The summed E-state index contributed by atoms with van der Waals surface area (Å²) in [5.41, 5.74) is 0.239. The van der Waals surface area contributed by atoms with Gasteiger partial charge >= 0.3 is 0 Å². The Hall–Kier alpha value is -0.940. The Labute approximate surface area is 125 Å². The van der Waals surface area contributed by atoms with Gasteiger partial charge in [0.2, 0.25) is 5.89 Å². The maximum atomic E-state index is 5.47. The molecule has 0 aliphatic heterocycles. The van der Waals surface area contributed by atoms with Gasteiger partial charge in [0.15, 0.2) is 5.82 Å². The van der Waals surface area contributed by atoms with Crippen LogP contribution < -0.4 is 5.32 Å². The molecular weight excluding hydrogens is 266 g/mol. The lowest BCUT2D eigenvalue weighted by molar-refractivity contribution is -0.0103. The minimum atomic E-state index is 0.239. The van der Waals surface area contributed by atoms with Crippen molar-refractivity contribution in [1.29, 1.82) is 0 Å². The summed E-state index contributed by atoms with van der Waals surface area (Å²) in [6.07, 6.45) is 8.20. The third-order valence-corrected chi connectivity index (χ3v) is 5.74. The largest absolute Gasteiger partial charge is 0.383 e. The monoisotopic (exact) mass is 291 g/mol. The zero-order valence-electron chi connectivity index (χ0n) is 12.8. The summed E-state index contributed by atoms with van der Waals surface area (Å²) in [6, 6.07) is 0. The summed E-state index contributed by atoms with van der Waals surface area (Å²) in [7, 11) is 1.71. The van der Waals surface area contributed by atoms with Crippen LogP contribution in [0.2, 0.25) is 0 Å². The Balaban J connectivity index is 1.45. The van der Waals surface area contributed by atoms with E-state index in [1.165, 1.54) is 38.5 Å². The lowest BCUT2D eigenvalue weighted by Crippen LogP contribution is -2.49. The molecule has 1 aromatic rings. The molecule has 1 aromatic heterocycles. The van der Waals surface area contributed by atoms with Crippen molar-refractivity contribution >= 4 is 0 Å². The summed E-state index contributed by atoms with van der Waals surface area (Å²) in [6.45, 7) is 2.16. The average molecular weight is 291 g/mol. The van der Waals surface area contributed by atoms with Crippen LogP contribution in [0.25, 0.3) is 0 Å². The summed E-state index contributed by atoms with van der Waals surface area (Å²) < 4.78 is 10.5. The van der Waals surface area contributed by atoms with Crippen molar-refractivity contribution in [2.45, 2.75) is 50.5 Å². The van der Waals surface area contributed by atoms with E-state index in [1.807, 2.05) is 0 Å². The average Bonchev–Trinajstić information content (AvgIpc) is 2.92. The highest BCUT2D eigenvalue weighted by atomic mass is 16.5. The van der Waals surface area contributed by atoms with Crippen molar-refractivity contribution in [2.24, 2.45) is 17.8 Å². The molecule has 0 saturated heterocycles. The topological polar surface area (TPSA) is 60.2 Å². The molecule has 5 heteroatoms. The number of nitrogens with zero attached hydrogens (tertiary/aromatic N) is 2. The van der Waals surface area contributed by atoms with E-state index >= 15 is 0 Å². The third kappa shape index (κ3) is 2.50. The smallest absolute Gasteiger partial charge is 0.240 e. The first-order valence-electron chi connectivity index (χ1n) is 8.30. The minimum absolute atomic E-state index is 0.239. The Morgan fingerprint density at radius 2 is 1.86 bits per heavy atom. The van der Waals surface area contributed by atoms with Gasteiger partial charge in [-0.1, -0.05) is 5.16 Å². The number of hydrogen-bond donors (Lipinski definition) is 1. The number of nitrogens with one attached hydrogen (secondary N) is 1. The molecule has 4 aliphatic rings. The number of rotatable bonds is 6. The van der Waals surface area contributed by atoms with Gasteiger partial charge < -0.3 is 14.6 Å². The van der Waals surface area contributed by atoms with E-state index in [1.54, 1.807) is 7.11 Å². The summed E-state index contributed by atoms with van der Waals surface area (Å²) in [4.78, 5) is 4.72. The Morgan fingerprint density at radius 3 is 2.48 bits per heavy atom. The highest BCUT2D eigenvalue weighted by Crippen LogP contribution is 2.60. The van der Waals surface area contributed by atoms with Gasteiger partial charge in [-0.2, -0.15) is 4.98 Å².